The van der Waals surface area contributed by atoms with Gasteiger partial charge >= 0.3 is 0 Å². The third kappa shape index (κ3) is 3.12. The van der Waals surface area contributed by atoms with Crippen LogP contribution < -0.4 is 10.6 Å². The predicted octanol–water partition coefficient (Wildman–Crippen LogP) is 4.01. The molecular weight excluding hydrogens is 292 g/mol. The number of hydrogen-bond donors (Lipinski definition) is 2. The van der Waals surface area contributed by atoms with E-state index in [0.717, 1.165) is 28.8 Å². The van der Waals surface area contributed by atoms with Gasteiger partial charge in [0.05, 0.1) is 0 Å². The van der Waals surface area contributed by atoms with Crippen molar-refractivity contribution in [3.63, 3.8) is 0 Å². The summed E-state index contributed by atoms with van der Waals surface area (Å²) in [7, 11) is 0. The molecule has 112 valence electrons. The van der Waals surface area contributed by atoms with Crippen molar-refractivity contribution in [3.8, 4) is 0 Å². The number of benzene rings is 2. The van der Waals surface area contributed by atoms with E-state index in [2.05, 4.69) is 28.8 Å². The molecule has 1 heterocycles. The molecule has 3 rings (SSSR count). The van der Waals surface area contributed by atoms with Crippen LogP contribution in [-0.2, 0) is 0 Å². The maximum atomic E-state index is 6.01. The van der Waals surface area contributed by atoms with Crippen molar-refractivity contribution in [1.29, 1.82) is 0 Å². The van der Waals surface area contributed by atoms with E-state index >= 15 is 0 Å². The summed E-state index contributed by atoms with van der Waals surface area (Å²) in [5, 5.41) is 8.18. The Hall–Kier alpha value is -2.33. The van der Waals surface area contributed by atoms with Crippen LogP contribution in [0.25, 0.3) is 11.0 Å². The van der Waals surface area contributed by atoms with Crippen LogP contribution in [0, 0.1) is 0 Å². The monoisotopic (exact) mass is 310 g/mol. The Balaban J connectivity index is 1.98. The lowest BCUT2D eigenvalue weighted by Crippen LogP contribution is -2.37. The summed E-state index contributed by atoms with van der Waals surface area (Å²) >= 11 is 5.35. The Kier molecular flexibility index (Phi) is 4.39. The summed E-state index contributed by atoms with van der Waals surface area (Å²) in [6.45, 7) is 2.81. The normalized spacial score (nSPS) is 12.0. The van der Waals surface area contributed by atoms with Crippen LogP contribution in [-0.4, -0.2) is 11.7 Å². The van der Waals surface area contributed by atoms with Gasteiger partial charge in [-0.2, -0.15) is 0 Å². The van der Waals surface area contributed by atoms with Gasteiger partial charge in [0.15, 0.2) is 5.11 Å². The first kappa shape index (κ1) is 14.6. The van der Waals surface area contributed by atoms with Gasteiger partial charge in [-0.3, -0.25) is 0 Å². The molecule has 0 spiro atoms. The van der Waals surface area contributed by atoms with E-state index in [-0.39, 0.29) is 6.04 Å². The van der Waals surface area contributed by atoms with E-state index in [9.17, 15) is 0 Å². The Morgan fingerprint density at radius 1 is 1.09 bits per heavy atom. The highest BCUT2D eigenvalue weighted by atomic mass is 32.1. The number of fused-ring (bicyclic) bond motifs is 1. The minimum Gasteiger partial charge on any atom is -0.459 e. The summed E-state index contributed by atoms with van der Waals surface area (Å²) in [6.07, 6.45) is 0. The highest BCUT2D eigenvalue weighted by Crippen LogP contribution is 2.28. The Morgan fingerprint density at radius 3 is 2.55 bits per heavy atom. The van der Waals surface area contributed by atoms with Gasteiger partial charge in [0.25, 0.3) is 0 Å². The first-order valence-electron chi connectivity index (χ1n) is 7.35. The van der Waals surface area contributed by atoms with Crippen LogP contribution in [0.5, 0.6) is 0 Å². The summed E-state index contributed by atoms with van der Waals surface area (Å²) in [5.74, 6) is 0.854. The van der Waals surface area contributed by atoms with Gasteiger partial charge in [-0.15, -0.1) is 0 Å². The minimum atomic E-state index is -0.111. The maximum Gasteiger partial charge on any atom is 0.167 e. The van der Waals surface area contributed by atoms with E-state index < -0.39 is 0 Å². The first-order valence-corrected chi connectivity index (χ1v) is 7.76. The Morgan fingerprint density at radius 2 is 1.82 bits per heavy atom. The summed E-state index contributed by atoms with van der Waals surface area (Å²) in [4.78, 5) is 0. The number of rotatable bonds is 4. The summed E-state index contributed by atoms with van der Waals surface area (Å²) < 4.78 is 6.01. The van der Waals surface area contributed by atoms with Gasteiger partial charge in [0, 0.05) is 11.9 Å². The highest BCUT2D eigenvalue weighted by Gasteiger charge is 2.19. The molecule has 0 fully saturated rings. The molecule has 3 aromatic rings. The van der Waals surface area contributed by atoms with E-state index in [1.54, 1.807) is 0 Å². The molecule has 0 bridgehead atoms. The van der Waals surface area contributed by atoms with Crippen LogP contribution in [0.2, 0.25) is 0 Å². The van der Waals surface area contributed by atoms with Crippen molar-refractivity contribution in [2.24, 2.45) is 0 Å². The number of para-hydroxylation sites is 1. The van der Waals surface area contributed by atoms with Crippen LogP contribution in [0.4, 0.5) is 0 Å². The topological polar surface area (TPSA) is 37.2 Å². The summed E-state index contributed by atoms with van der Waals surface area (Å²) in [5.41, 5.74) is 2.00. The molecule has 1 aromatic heterocycles. The van der Waals surface area contributed by atoms with Crippen molar-refractivity contribution < 1.29 is 4.42 Å². The molecule has 0 aliphatic carbocycles. The first-order chi connectivity index (χ1) is 10.8. The molecule has 2 aromatic carbocycles. The fourth-order valence-corrected chi connectivity index (χ4v) is 2.71. The van der Waals surface area contributed by atoms with Crippen LogP contribution >= 0.6 is 12.2 Å². The largest absolute Gasteiger partial charge is 0.459 e. The molecule has 0 radical (unpaired) electrons. The third-order valence-corrected chi connectivity index (χ3v) is 3.74. The Labute approximate surface area is 135 Å². The highest BCUT2D eigenvalue weighted by molar-refractivity contribution is 7.80. The van der Waals surface area contributed by atoms with Crippen molar-refractivity contribution in [2.45, 2.75) is 13.0 Å². The Bertz CT molecular complexity index is 734. The van der Waals surface area contributed by atoms with Crippen LogP contribution in [0.3, 0.4) is 0 Å². The second-order valence-electron chi connectivity index (χ2n) is 5.03. The van der Waals surface area contributed by atoms with Crippen molar-refractivity contribution in [1.82, 2.24) is 10.6 Å². The molecule has 0 aliphatic rings. The lowest BCUT2D eigenvalue weighted by molar-refractivity contribution is 0.505. The molecule has 2 N–H and O–H groups in total. The summed E-state index contributed by atoms with van der Waals surface area (Å²) in [6, 6.07) is 20.1. The number of nitrogens with one attached hydrogen (secondary N) is 2. The van der Waals surface area contributed by atoms with Crippen molar-refractivity contribution in [2.75, 3.05) is 6.54 Å². The molecule has 0 unspecified atom stereocenters. The van der Waals surface area contributed by atoms with Gasteiger partial charge in [0.2, 0.25) is 0 Å². The van der Waals surface area contributed by atoms with Crippen molar-refractivity contribution in [3.05, 3.63) is 72.0 Å². The zero-order chi connectivity index (χ0) is 15.4. The second-order valence-corrected chi connectivity index (χ2v) is 5.44. The molecular formula is C18H18N2OS. The average Bonchev–Trinajstić information content (AvgIpc) is 2.97. The second kappa shape index (κ2) is 6.62. The van der Waals surface area contributed by atoms with Crippen LogP contribution in [0.1, 0.15) is 24.3 Å². The zero-order valence-corrected chi connectivity index (χ0v) is 13.2. The quantitative estimate of drug-likeness (QED) is 0.714. The fourth-order valence-electron chi connectivity index (χ4n) is 2.45. The molecule has 4 heteroatoms. The molecule has 0 amide bonds. The van der Waals surface area contributed by atoms with Gasteiger partial charge in [-0.05, 0) is 36.8 Å². The molecule has 0 aliphatic heterocycles. The fraction of sp³-hybridized carbons (Fsp3) is 0.167. The predicted molar refractivity (Wildman–Crippen MR) is 93.9 cm³/mol. The van der Waals surface area contributed by atoms with Gasteiger partial charge in [-0.25, -0.2) is 0 Å². The van der Waals surface area contributed by atoms with Crippen LogP contribution in [0.15, 0.2) is 65.1 Å². The van der Waals surface area contributed by atoms with Gasteiger partial charge in [0.1, 0.15) is 17.4 Å². The maximum absolute atomic E-state index is 6.01. The standard InChI is InChI=1S/C18H18N2OS/c1-2-19-18(22)20-17(13-8-4-3-5-9-13)16-12-14-10-6-7-11-15(14)21-16/h3-12,17H,2H2,1H3,(H2,19,20,22)/t17-/m0/s1. The molecule has 0 saturated heterocycles. The SMILES string of the molecule is CCNC(=S)N[C@@H](c1ccccc1)c1cc2ccccc2o1. The van der Waals surface area contributed by atoms with E-state index in [4.69, 9.17) is 16.6 Å². The molecule has 1 atom stereocenters. The van der Waals surface area contributed by atoms with Gasteiger partial charge < -0.3 is 15.1 Å². The van der Waals surface area contributed by atoms with E-state index in [1.165, 1.54) is 0 Å². The van der Waals surface area contributed by atoms with Crippen molar-refractivity contribution >= 4 is 28.3 Å². The van der Waals surface area contributed by atoms with E-state index in [0.29, 0.717) is 5.11 Å². The number of furan rings is 1. The smallest absolute Gasteiger partial charge is 0.167 e. The zero-order valence-electron chi connectivity index (χ0n) is 12.4. The number of thiocarbonyl (C=S) groups is 1. The molecule has 0 saturated carbocycles. The minimum absolute atomic E-state index is 0.111. The molecule has 22 heavy (non-hydrogen) atoms. The molecule has 3 nitrogen and oxygen atoms in total. The lowest BCUT2D eigenvalue weighted by Gasteiger charge is -2.19. The average molecular weight is 310 g/mol. The van der Waals surface area contributed by atoms with E-state index in [1.807, 2.05) is 49.4 Å². The number of hydrogen-bond acceptors (Lipinski definition) is 2. The lowest BCUT2D eigenvalue weighted by atomic mass is 10.0. The third-order valence-electron chi connectivity index (χ3n) is 3.47. The van der Waals surface area contributed by atoms with Gasteiger partial charge in [-0.1, -0.05) is 48.5 Å².